The van der Waals surface area contributed by atoms with E-state index in [1.165, 1.54) is 0 Å². The Kier molecular flexibility index (Phi) is 4.06. The van der Waals surface area contributed by atoms with Gasteiger partial charge in [0.2, 0.25) is 0 Å². The molecule has 3 nitrogen and oxygen atoms in total. The SMILES string of the molecule is CCC1(C)CCS(=O)(=O)OCC(C)(CC)C1. The molecular weight excluding hydrogens is 224 g/mol. The molecule has 0 spiro atoms. The van der Waals surface area contributed by atoms with Crippen molar-refractivity contribution in [3.05, 3.63) is 0 Å². The topological polar surface area (TPSA) is 43.4 Å². The van der Waals surface area contributed by atoms with Gasteiger partial charge in [0.1, 0.15) is 0 Å². The fourth-order valence-electron chi connectivity index (χ4n) is 2.36. The van der Waals surface area contributed by atoms with Crippen LogP contribution in [0.1, 0.15) is 53.4 Å². The van der Waals surface area contributed by atoms with E-state index in [-0.39, 0.29) is 16.6 Å². The standard InChI is InChI=1S/C12H24O3S/c1-5-11(3)7-8-16(13,14)15-10-12(4,6-2)9-11/h5-10H2,1-4H3. The van der Waals surface area contributed by atoms with Gasteiger partial charge in [-0.3, -0.25) is 4.18 Å². The van der Waals surface area contributed by atoms with E-state index < -0.39 is 10.1 Å². The molecule has 96 valence electrons. The Hall–Kier alpha value is -0.0900. The zero-order valence-electron chi connectivity index (χ0n) is 10.9. The predicted molar refractivity (Wildman–Crippen MR) is 65.8 cm³/mol. The minimum absolute atomic E-state index is 0.0156. The van der Waals surface area contributed by atoms with E-state index in [0.29, 0.717) is 13.0 Å². The first-order valence-electron chi connectivity index (χ1n) is 6.11. The summed E-state index contributed by atoms with van der Waals surface area (Å²) in [7, 11) is -3.30. The van der Waals surface area contributed by atoms with Crippen LogP contribution in [0.25, 0.3) is 0 Å². The Morgan fingerprint density at radius 3 is 2.19 bits per heavy atom. The molecule has 1 heterocycles. The average Bonchev–Trinajstić information content (AvgIpc) is 2.23. The lowest BCUT2D eigenvalue weighted by Gasteiger charge is -2.40. The molecule has 0 radical (unpaired) electrons. The molecular formula is C12H24O3S. The predicted octanol–water partition coefficient (Wildman–Crippen LogP) is 2.96. The second kappa shape index (κ2) is 4.65. The number of hydrogen-bond acceptors (Lipinski definition) is 3. The Balaban J connectivity index is 2.95. The van der Waals surface area contributed by atoms with Crippen LogP contribution >= 0.6 is 0 Å². The molecule has 0 N–H and O–H groups in total. The highest BCUT2D eigenvalue weighted by Gasteiger charge is 2.37. The van der Waals surface area contributed by atoms with E-state index in [4.69, 9.17) is 4.18 Å². The van der Waals surface area contributed by atoms with E-state index in [9.17, 15) is 8.42 Å². The van der Waals surface area contributed by atoms with Crippen LogP contribution in [0.2, 0.25) is 0 Å². The van der Waals surface area contributed by atoms with Crippen LogP contribution in [0.15, 0.2) is 0 Å². The summed E-state index contributed by atoms with van der Waals surface area (Å²) in [5, 5.41) is 0. The van der Waals surface area contributed by atoms with Gasteiger partial charge in [0.05, 0.1) is 12.4 Å². The third kappa shape index (κ3) is 3.45. The van der Waals surface area contributed by atoms with Gasteiger partial charge in [0, 0.05) is 0 Å². The van der Waals surface area contributed by atoms with Crippen LogP contribution in [0.4, 0.5) is 0 Å². The van der Waals surface area contributed by atoms with Gasteiger partial charge in [0.15, 0.2) is 0 Å². The van der Waals surface area contributed by atoms with Gasteiger partial charge < -0.3 is 0 Å². The highest BCUT2D eigenvalue weighted by atomic mass is 32.2. The van der Waals surface area contributed by atoms with Crippen molar-refractivity contribution in [1.29, 1.82) is 0 Å². The summed E-state index contributed by atoms with van der Waals surface area (Å²) in [6.07, 6.45) is 3.74. The molecule has 0 bridgehead atoms. The van der Waals surface area contributed by atoms with Crippen LogP contribution in [0.5, 0.6) is 0 Å². The first kappa shape index (κ1) is 14.0. The van der Waals surface area contributed by atoms with Gasteiger partial charge in [-0.15, -0.1) is 0 Å². The van der Waals surface area contributed by atoms with Crippen molar-refractivity contribution in [3.8, 4) is 0 Å². The van der Waals surface area contributed by atoms with Crippen LogP contribution in [0, 0.1) is 10.8 Å². The van der Waals surface area contributed by atoms with Crippen molar-refractivity contribution in [1.82, 2.24) is 0 Å². The molecule has 0 aromatic heterocycles. The summed E-state index contributed by atoms with van der Waals surface area (Å²) >= 11 is 0. The fourth-order valence-corrected chi connectivity index (χ4v) is 3.69. The van der Waals surface area contributed by atoms with Crippen LogP contribution < -0.4 is 0 Å². The molecule has 1 aliphatic rings. The number of hydrogen-bond donors (Lipinski definition) is 0. The van der Waals surface area contributed by atoms with Gasteiger partial charge in [-0.05, 0) is 30.1 Å². The van der Waals surface area contributed by atoms with E-state index in [1.807, 2.05) is 0 Å². The smallest absolute Gasteiger partial charge is 0.267 e. The van der Waals surface area contributed by atoms with E-state index in [2.05, 4.69) is 27.7 Å². The quantitative estimate of drug-likeness (QED) is 0.706. The van der Waals surface area contributed by atoms with Crippen molar-refractivity contribution in [2.75, 3.05) is 12.4 Å². The van der Waals surface area contributed by atoms with Crippen LogP contribution in [0.3, 0.4) is 0 Å². The maximum absolute atomic E-state index is 11.6. The molecule has 1 saturated heterocycles. The van der Waals surface area contributed by atoms with Crippen LogP contribution in [-0.2, 0) is 14.3 Å². The second-order valence-electron chi connectivity index (χ2n) is 5.78. The molecule has 1 aliphatic heterocycles. The molecule has 1 fully saturated rings. The summed E-state index contributed by atoms with van der Waals surface area (Å²) in [5.41, 5.74) is 0.111. The minimum atomic E-state index is -3.30. The molecule has 0 aromatic carbocycles. The summed E-state index contributed by atoms with van der Waals surface area (Å²) in [5.74, 6) is 0.164. The third-order valence-corrected chi connectivity index (χ3v) is 5.28. The highest BCUT2D eigenvalue weighted by molar-refractivity contribution is 7.86. The Morgan fingerprint density at radius 1 is 1.12 bits per heavy atom. The van der Waals surface area contributed by atoms with E-state index >= 15 is 0 Å². The van der Waals surface area contributed by atoms with E-state index in [0.717, 1.165) is 19.3 Å². The van der Waals surface area contributed by atoms with Gasteiger partial charge in [0.25, 0.3) is 10.1 Å². The Bertz CT molecular complexity index is 310. The highest BCUT2D eigenvalue weighted by Crippen LogP contribution is 2.43. The third-order valence-electron chi connectivity index (χ3n) is 4.10. The van der Waals surface area contributed by atoms with Crippen LogP contribution in [-0.4, -0.2) is 20.8 Å². The summed E-state index contributed by atoms with van der Waals surface area (Å²) in [6, 6.07) is 0. The summed E-state index contributed by atoms with van der Waals surface area (Å²) in [6.45, 7) is 8.91. The van der Waals surface area contributed by atoms with Gasteiger partial charge >= 0.3 is 0 Å². The molecule has 0 amide bonds. The van der Waals surface area contributed by atoms with Crippen molar-refractivity contribution >= 4 is 10.1 Å². The Labute approximate surface area is 99.7 Å². The molecule has 2 unspecified atom stereocenters. The maximum atomic E-state index is 11.6. The minimum Gasteiger partial charge on any atom is -0.270 e. The lowest BCUT2D eigenvalue weighted by atomic mass is 9.69. The first-order chi connectivity index (χ1) is 7.24. The lowest BCUT2D eigenvalue weighted by molar-refractivity contribution is 0.0764. The monoisotopic (exact) mass is 248 g/mol. The number of rotatable bonds is 2. The van der Waals surface area contributed by atoms with Gasteiger partial charge in [-0.2, -0.15) is 8.42 Å². The first-order valence-corrected chi connectivity index (χ1v) is 7.69. The zero-order chi connectivity index (χ0) is 12.4. The molecule has 0 saturated carbocycles. The van der Waals surface area contributed by atoms with Crippen molar-refractivity contribution in [2.45, 2.75) is 53.4 Å². The summed E-state index contributed by atoms with van der Waals surface area (Å²) in [4.78, 5) is 0. The fraction of sp³-hybridized carbons (Fsp3) is 1.00. The molecule has 16 heavy (non-hydrogen) atoms. The zero-order valence-corrected chi connectivity index (χ0v) is 11.7. The molecule has 2 atom stereocenters. The largest absolute Gasteiger partial charge is 0.270 e. The Morgan fingerprint density at radius 2 is 1.69 bits per heavy atom. The van der Waals surface area contributed by atoms with Crippen molar-refractivity contribution < 1.29 is 12.6 Å². The van der Waals surface area contributed by atoms with Crippen molar-refractivity contribution in [2.24, 2.45) is 10.8 Å². The summed E-state index contributed by atoms with van der Waals surface area (Å²) < 4.78 is 28.3. The maximum Gasteiger partial charge on any atom is 0.267 e. The second-order valence-corrected chi connectivity index (χ2v) is 7.54. The molecule has 0 aliphatic carbocycles. The van der Waals surface area contributed by atoms with Gasteiger partial charge in [-0.25, -0.2) is 0 Å². The molecule has 4 heteroatoms. The van der Waals surface area contributed by atoms with Crippen molar-refractivity contribution in [3.63, 3.8) is 0 Å². The van der Waals surface area contributed by atoms with Gasteiger partial charge in [-0.1, -0.05) is 34.1 Å². The molecule has 0 aromatic rings. The average molecular weight is 248 g/mol. The van der Waals surface area contributed by atoms with E-state index in [1.54, 1.807) is 0 Å². The lowest BCUT2D eigenvalue weighted by Crippen LogP contribution is -2.36. The molecule has 1 rings (SSSR count). The normalized spacial score (nSPS) is 40.0.